The molecule has 10 heteroatoms. The fourth-order valence-electron chi connectivity index (χ4n) is 3.44. The summed E-state index contributed by atoms with van der Waals surface area (Å²) in [5, 5.41) is 5.27. The van der Waals surface area contributed by atoms with Gasteiger partial charge in [-0.2, -0.15) is 4.31 Å². The summed E-state index contributed by atoms with van der Waals surface area (Å²) in [6, 6.07) is 8.59. The number of aryl methyl sites for hydroxylation is 1. The maximum atomic E-state index is 13.4. The first-order valence-electron chi connectivity index (χ1n) is 9.72. The van der Waals surface area contributed by atoms with Crippen LogP contribution in [0.2, 0.25) is 5.02 Å². The van der Waals surface area contributed by atoms with Crippen LogP contribution in [0.5, 0.6) is 0 Å². The summed E-state index contributed by atoms with van der Waals surface area (Å²) < 4.78 is 40.3. The average Bonchev–Trinajstić information content (AvgIpc) is 2.71. The number of anilines is 2. The Labute approximate surface area is 185 Å². The van der Waals surface area contributed by atoms with Crippen molar-refractivity contribution in [3.63, 3.8) is 0 Å². The van der Waals surface area contributed by atoms with Gasteiger partial charge in [-0.05, 0) is 55.7 Å². The number of nitrogens with zero attached hydrogens (tertiary/aromatic N) is 1. The molecule has 0 aliphatic carbocycles. The number of nitrogens with one attached hydrogen (secondary N) is 2. The van der Waals surface area contributed by atoms with Gasteiger partial charge in [0.2, 0.25) is 21.8 Å². The lowest BCUT2D eigenvalue weighted by Crippen LogP contribution is -2.41. The molecule has 1 aliphatic rings. The summed E-state index contributed by atoms with van der Waals surface area (Å²) in [7, 11) is -3.83. The van der Waals surface area contributed by atoms with Gasteiger partial charge in [0.25, 0.3) is 0 Å². The lowest BCUT2D eigenvalue weighted by Gasteiger charge is -2.30. The molecule has 3 rings (SSSR count). The van der Waals surface area contributed by atoms with Gasteiger partial charge in [-0.15, -0.1) is 0 Å². The first kappa shape index (κ1) is 23.2. The number of sulfonamides is 1. The van der Waals surface area contributed by atoms with E-state index in [0.29, 0.717) is 24.2 Å². The molecular weight excluding hydrogens is 445 g/mol. The summed E-state index contributed by atoms with van der Waals surface area (Å²) in [6.07, 6.45) is 0.669. The van der Waals surface area contributed by atoms with Crippen molar-refractivity contribution in [3.8, 4) is 0 Å². The molecule has 0 aromatic heterocycles. The zero-order valence-electron chi connectivity index (χ0n) is 17.1. The number of rotatable bonds is 5. The smallest absolute Gasteiger partial charge is 0.243 e. The predicted octanol–water partition coefficient (Wildman–Crippen LogP) is 3.79. The number of carbonyl (C=O) groups is 2. The van der Waals surface area contributed by atoms with E-state index in [9.17, 15) is 22.4 Å². The third-order valence-electron chi connectivity index (χ3n) is 5.10. The number of carbonyl (C=O) groups excluding carboxylic acids is 2. The van der Waals surface area contributed by atoms with Gasteiger partial charge in [0.1, 0.15) is 5.82 Å². The van der Waals surface area contributed by atoms with Gasteiger partial charge in [-0.25, -0.2) is 12.8 Å². The van der Waals surface area contributed by atoms with Crippen LogP contribution in [0.25, 0.3) is 0 Å². The number of piperidine rings is 1. The van der Waals surface area contributed by atoms with E-state index < -0.39 is 15.8 Å². The van der Waals surface area contributed by atoms with Crippen molar-refractivity contribution in [2.45, 2.75) is 31.6 Å². The van der Waals surface area contributed by atoms with E-state index >= 15 is 0 Å². The Morgan fingerprint density at radius 2 is 1.74 bits per heavy atom. The molecule has 31 heavy (non-hydrogen) atoms. The first-order chi connectivity index (χ1) is 14.6. The Hall–Kier alpha value is -2.49. The van der Waals surface area contributed by atoms with Crippen molar-refractivity contribution in [1.82, 2.24) is 4.31 Å². The zero-order chi connectivity index (χ0) is 22.8. The third-order valence-corrected chi connectivity index (χ3v) is 7.28. The molecule has 166 valence electrons. The fourth-order valence-corrected chi connectivity index (χ4v) is 5.18. The van der Waals surface area contributed by atoms with E-state index in [0.717, 1.165) is 17.7 Å². The predicted molar refractivity (Wildman–Crippen MR) is 117 cm³/mol. The topological polar surface area (TPSA) is 95.6 Å². The normalized spacial score (nSPS) is 15.5. The van der Waals surface area contributed by atoms with Gasteiger partial charge >= 0.3 is 0 Å². The molecule has 7 nitrogen and oxygen atoms in total. The molecule has 2 amide bonds. The maximum absolute atomic E-state index is 13.4. The van der Waals surface area contributed by atoms with Crippen LogP contribution in [-0.2, 0) is 19.6 Å². The molecule has 1 aliphatic heterocycles. The van der Waals surface area contributed by atoms with Gasteiger partial charge < -0.3 is 10.6 Å². The van der Waals surface area contributed by atoms with Gasteiger partial charge in [-0.3, -0.25) is 9.59 Å². The molecule has 2 aromatic carbocycles. The Morgan fingerprint density at radius 1 is 1.06 bits per heavy atom. The quantitative estimate of drug-likeness (QED) is 0.699. The Bertz CT molecular complexity index is 1120. The number of amides is 2. The van der Waals surface area contributed by atoms with E-state index in [1.807, 2.05) is 13.0 Å². The molecule has 0 saturated carbocycles. The van der Waals surface area contributed by atoms with Crippen LogP contribution < -0.4 is 10.6 Å². The summed E-state index contributed by atoms with van der Waals surface area (Å²) in [5.74, 6) is -1.56. The molecule has 1 saturated heterocycles. The van der Waals surface area contributed by atoms with Crippen LogP contribution in [0.15, 0.2) is 41.3 Å². The number of benzene rings is 2. The van der Waals surface area contributed by atoms with Gasteiger partial charge in [-0.1, -0.05) is 17.7 Å². The van der Waals surface area contributed by atoms with Gasteiger partial charge in [0.05, 0.1) is 21.3 Å². The standard InChI is InChI=1S/C21H23ClFN3O4S/c1-13-3-6-19(24-14(2)27)20(11-13)25-21(28)15-7-9-26(10-8-15)31(29,30)16-4-5-18(23)17(22)12-16/h3-6,11-12,15H,7-10H2,1-2H3,(H,24,27)(H,25,28). The molecule has 1 heterocycles. The molecule has 2 N–H and O–H groups in total. The largest absolute Gasteiger partial charge is 0.325 e. The van der Waals surface area contributed by atoms with Crippen molar-refractivity contribution in [3.05, 3.63) is 52.8 Å². The second-order valence-electron chi connectivity index (χ2n) is 7.47. The van der Waals surface area contributed by atoms with E-state index in [2.05, 4.69) is 10.6 Å². The fraction of sp³-hybridized carbons (Fsp3) is 0.333. The lowest BCUT2D eigenvalue weighted by molar-refractivity contribution is -0.121. The molecule has 0 radical (unpaired) electrons. The van der Waals surface area contributed by atoms with Crippen LogP contribution >= 0.6 is 11.6 Å². The Kier molecular flexibility index (Phi) is 6.98. The first-order valence-corrected chi connectivity index (χ1v) is 11.5. The van der Waals surface area contributed by atoms with Crippen LogP contribution in [0.1, 0.15) is 25.3 Å². The number of hydrogen-bond acceptors (Lipinski definition) is 4. The van der Waals surface area contributed by atoms with Crippen LogP contribution in [-0.4, -0.2) is 37.6 Å². The SMILES string of the molecule is CC(=O)Nc1ccc(C)cc1NC(=O)C1CCN(S(=O)(=O)c2ccc(F)c(Cl)c2)CC1. The second kappa shape index (κ2) is 9.33. The minimum Gasteiger partial charge on any atom is -0.325 e. The van der Waals surface area contributed by atoms with Crippen molar-refractivity contribution >= 4 is 44.8 Å². The van der Waals surface area contributed by atoms with Crippen molar-refractivity contribution in [1.29, 1.82) is 0 Å². The average molecular weight is 468 g/mol. The van der Waals surface area contributed by atoms with Gasteiger partial charge in [0.15, 0.2) is 0 Å². The van der Waals surface area contributed by atoms with Crippen LogP contribution in [0.3, 0.4) is 0 Å². The Balaban J connectivity index is 1.67. The van der Waals surface area contributed by atoms with Crippen LogP contribution in [0.4, 0.5) is 15.8 Å². The highest BCUT2D eigenvalue weighted by atomic mass is 35.5. The highest BCUT2D eigenvalue weighted by Gasteiger charge is 2.32. The number of halogens is 2. The highest BCUT2D eigenvalue weighted by molar-refractivity contribution is 7.89. The molecule has 0 bridgehead atoms. The summed E-state index contributed by atoms with van der Waals surface area (Å²) in [4.78, 5) is 24.1. The van der Waals surface area contributed by atoms with E-state index in [1.165, 1.54) is 17.3 Å². The summed E-state index contributed by atoms with van der Waals surface area (Å²) >= 11 is 5.72. The van der Waals surface area contributed by atoms with Crippen LogP contribution in [0, 0.1) is 18.7 Å². The molecule has 0 unspecified atom stereocenters. The van der Waals surface area contributed by atoms with Crippen molar-refractivity contribution in [2.24, 2.45) is 5.92 Å². The molecule has 0 atom stereocenters. The van der Waals surface area contributed by atoms with E-state index in [4.69, 9.17) is 11.6 Å². The monoisotopic (exact) mass is 467 g/mol. The second-order valence-corrected chi connectivity index (χ2v) is 9.82. The minimum absolute atomic E-state index is 0.0819. The maximum Gasteiger partial charge on any atom is 0.243 e. The van der Waals surface area contributed by atoms with Crippen molar-refractivity contribution < 1.29 is 22.4 Å². The molecule has 0 spiro atoms. The van der Waals surface area contributed by atoms with E-state index in [1.54, 1.807) is 12.1 Å². The van der Waals surface area contributed by atoms with Crippen molar-refractivity contribution in [2.75, 3.05) is 23.7 Å². The van der Waals surface area contributed by atoms with E-state index in [-0.39, 0.29) is 40.7 Å². The minimum atomic E-state index is -3.83. The lowest BCUT2D eigenvalue weighted by atomic mass is 9.97. The zero-order valence-corrected chi connectivity index (χ0v) is 18.7. The molecule has 1 fully saturated rings. The molecular formula is C21H23ClFN3O4S. The number of hydrogen-bond donors (Lipinski definition) is 2. The summed E-state index contributed by atoms with van der Waals surface area (Å²) in [5.41, 5.74) is 1.92. The van der Waals surface area contributed by atoms with Gasteiger partial charge in [0, 0.05) is 25.9 Å². The highest BCUT2D eigenvalue weighted by Crippen LogP contribution is 2.29. The Morgan fingerprint density at radius 3 is 2.35 bits per heavy atom. The molecule has 2 aromatic rings. The third kappa shape index (κ3) is 5.41. The summed E-state index contributed by atoms with van der Waals surface area (Å²) in [6.45, 7) is 3.57.